The van der Waals surface area contributed by atoms with Gasteiger partial charge in [-0.3, -0.25) is 0 Å². The molecular formula is C12H20NP. The van der Waals surface area contributed by atoms with Crippen LogP contribution in [0.5, 0.6) is 0 Å². The lowest BCUT2D eigenvalue weighted by Gasteiger charge is -2.01. The van der Waals surface area contributed by atoms with Crippen molar-refractivity contribution in [3.8, 4) is 0 Å². The largest absolute Gasteiger partial charge is 0.320 e. The lowest BCUT2D eigenvalue weighted by molar-refractivity contribution is 0.669. The third kappa shape index (κ3) is 5.36. The first-order chi connectivity index (χ1) is 6.93. The van der Waals surface area contributed by atoms with Gasteiger partial charge in [0.1, 0.15) is 0 Å². The highest BCUT2D eigenvalue weighted by atomic mass is 31.1. The minimum atomic E-state index is 0.996. The molecule has 2 heteroatoms. The lowest BCUT2D eigenvalue weighted by atomic mass is 10.2. The van der Waals surface area contributed by atoms with Crippen molar-refractivity contribution in [3.05, 3.63) is 30.3 Å². The Morgan fingerprint density at radius 1 is 1.07 bits per heavy atom. The summed E-state index contributed by atoms with van der Waals surface area (Å²) in [6.07, 6.45) is 5.40. The van der Waals surface area contributed by atoms with E-state index in [1.807, 2.05) is 7.05 Å². The molecule has 1 rings (SSSR count). The molecule has 0 radical (unpaired) electrons. The summed E-state index contributed by atoms with van der Waals surface area (Å²) in [5.41, 5.74) is 0. The molecule has 0 aromatic heterocycles. The summed E-state index contributed by atoms with van der Waals surface area (Å²) in [7, 11) is 3.02. The summed E-state index contributed by atoms with van der Waals surface area (Å²) in [5.74, 6) is 0. The predicted octanol–water partition coefficient (Wildman–Crippen LogP) is 2.38. The van der Waals surface area contributed by atoms with Gasteiger partial charge in [-0.25, -0.2) is 0 Å². The van der Waals surface area contributed by atoms with E-state index < -0.39 is 0 Å². The summed E-state index contributed by atoms with van der Waals surface area (Å²) in [6.45, 7) is 1.16. The topological polar surface area (TPSA) is 12.0 Å². The van der Waals surface area contributed by atoms with Crippen molar-refractivity contribution >= 4 is 13.9 Å². The Morgan fingerprint density at radius 2 is 1.86 bits per heavy atom. The van der Waals surface area contributed by atoms with Gasteiger partial charge in [-0.05, 0) is 37.9 Å². The minimum absolute atomic E-state index is 0.996. The van der Waals surface area contributed by atoms with Crippen molar-refractivity contribution in [2.75, 3.05) is 19.8 Å². The van der Waals surface area contributed by atoms with E-state index in [0.29, 0.717) is 0 Å². The van der Waals surface area contributed by atoms with E-state index in [4.69, 9.17) is 0 Å². The Kier molecular flexibility index (Phi) is 6.65. The zero-order valence-corrected chi connectivity index (χ0v) is 9.92. The molecule has 0 aliphatic carbocycles. The van der Waals surface area contributed by atoms with E-state index in [9.17, 15) is 0 Å². The fraction of sp³-hybridized carbons (Fsp3) is 0.500. The number of hydrogen-bond donors (Lipinski definition) is 1. The van der Waals surface area contributed by atoms with Crippen LogP contribution in [0.2, 0.25) is 0 Å². The first-order valence-corrected chi connectivity index (χ1v) is 6.57. The van der Waals surface area contributed by atoms with Crippen LogP contribution in [0.15, 0.2) is 30.3 Å². The van der Waals surface area contributed by atoms with Crippen LogP contribution in [0.4, 0.5) is 0 Å². The molecule has 0 saturated carbocycles. The number of nitrogens with one attached hydrogen (secondary N) is 1. The van der Waals surface area contributed by atoms with Gasteiger partial charge in [-0.15, -0.1) is 0 Å². The number of rotatable bonds is 7. The molecule has 0 bridgehead atoms. The fourth-order valence-electron chi connectivity index (χ4n) is 1.39. The van der Waals surface area contributed by atoms with Gasteiger partial charge in [0.05, 0.1) is 0 Å². The second kappa shape index (κ2) is 7.96. The molecule has 14 heavy (non-hydrogen) atoms. The molecule has 1 nitrogen and oxygen atoms in total. The Bertz CT molecular complexity index is 223. The van der Waals surface area contributed by atoms with Crippen LogP contribution in [-0.2, 0) is 0 Å². The van der Waals surface area contributed by atoms with Crippen LogP contribution in [0.25, 0.3) is 0 Å². The van der Waals surface area contributed by atoms with Gasteiger partial charge in [-0.2, -0.15) is 0 Å². The third-order valence-corrected chi connectivity index (χ3v) is 3.55. The highest BCUT2D eigenvalue weighted by Gasteiger charge is 1.91. The number of unbranched alkanes of at least 4 members (excludes halogenated alkanes) is 2. The Labute approximate surface area is 89.1 Å². The van der Waals surface area contributed by atoms with Gasteiger partial charge in [0.25, 0.3) is 0 Å². The summed E-state index contributed by atoms with van der Waals surface area (Å²) >= 11 is 0. The molecule has 78 valence electrons. The maximum Gasteiger partial charge on any atom is -0.00519 e. The van der Waals surface area contributed by atoms with Crippen LogP contribution in [0.1, 0.15) is 19.3 Å². The molecule has 1 aromatic rings. The van der Waals surface area contributed by atoms with E-state index in [-0.39, 0.29) is 0 Å². The van der Waals surface area contributed by atoms with E-state index >= 15 is 0 Å². The van der Waals surface area contributed by atoms with Crippen molar-refractivity contribution in [1.82, 2.24) is 5.32 Å². The number of benzene rings is 1. The predicted molar refractivity (Wildman–Crippen MR) is 67.0 cm³/mol. The molecule has 0 fully saturated rings. The normalized spacial score (nSPS) is 11.2. The molecule has 1 aromatic carbocycles. The first-order valence-electron chi connectivity index (χ1n) is 5.37. The van der Waals surface area contributed by atoms with Crippen molar-refractivity contribution in [2.24, 2.45) is 0 Å². The van der Waals surface area contributed by atoms with Gasteiger partial charge in [0.2, 0.25) is 0 Å². The summed E-state index contributed by atoms with van der Waals surface area (Å²) in [6, 6.07) is 10.8. The molecule has 0 aliphatic rings. The van der Waals surface area contributed by atoms with Crippen molar-refractivity contribution < 1.29 is 0 Å². The SMILES string of the molecule is CNCCCCCPc1ccccc1. The molecular weight excluding hydrogens is 189 g/mol. The van der Waals surface area contributed by atoms with Crippen LogP contribution in [0.3, 0.4) is 0 Å². The van der Waals surface area contributed by atoms with E-state index in [2.05, 4.69) is 35.6 Å². The second-order valence-corrected chi connectivity index (χ2v) is 4.89. The summed E-state index contributed by atoms with van der Waals surface area (Å²) < 4.78 is 0. The molecule has 0 saturated heterocycles. The van der Waals surface area contributed by atoms with Gasteiger partial charge in [-0.1, -0.05) is 45.3 Å². The molecule has 1 N–H and O–H groups in total. The maximum atomic E-state index is 3.18. The molecule has 1 unspecified atom stereocenters. The van der Waals surface area contributed by atoms with E-state index in [0.717, 1.165) is 15.1 Å². The zero-order chi connectivity index (χ0) is 10.1. The average Bonchev–Trinajstić information content (AvgIpc) is 2.25. The molecule has 0 spiro atoms. The first kappa shape index (κ1) is 11.7. The Morgan fingerprint density at radius 3 is 2.57 bits per heavy atom. The maximum absolute atomic E-state index is 3.18. The number of hydrogen-bond acceptors (Lipinski definition) is 1. The summed E-state index contributed by atoms with van der Waals surface area (Å²) in [4.78, 5) is 0. The van der Waals surface area contributed by atoms with Gasteiger partial charge < -0.3 is 5.32 Å². The summed E-state index contributed by atoms with van der Waals surface area (Å²) in [5, 5.41) is 4.68. The van der Waals surface area contributed by atoms with E-state index in [1.165, 1.54) is 30.7 Å². The fourth-order valence-corrected chi connectivity index (χ4v) is 2.54. The van der Waals surface area contributed by atoms with Crippen LogP contribution >= 0.6 is 8.58 Å². The monoisotopic (exact) mass is 209 g/mol. The van der Waals surface area contributed by atoms with E-state index in [1.54, 1.807) is 0 Å². The molecule has 0 aliphatic heterocycles. The minimum Gasteiger partial charge on any atom is -0.320 e. The molecule has 0 amide bonds. The highest BCUT2D eigenvalue weighted by Crippen LogP contribution is 2.12. The van der Waals surface area contributed by atoms with Crippen LogP contribution in [-0.4, -0.2) is 19.8 Å². The van der Waals surface area contributed by atoms with Gasteiger partial charge >= 0.3 is 0 Å². The standard InChI is InChI=1S/C12H20NP/c1-13-10-6-3-7-11-14-12-8-4-2-5-9-12/h2,4-5,8-9,13-14H,3,6-7,10-11H2,1H3. The van der Waals surface area contributed by atoms with Crippen molar-refractivity contribution in [3.63, 3.8) is 0 Å². The smallest absolute Gasteiger partial charge is 0.00519 e. The quantitative estimate of drug-likeness (QED) is 0.537. The second-order valence-electron chi connectivity index (χ2n) is 3.46. The van der Waals surface area contributed by atoms with Gasteiger partial charge in [0, 0.05) is 0 Å². The average molecular weight is 209 g/mol. The third-order valence-electron chi connectivity index (χ3n) is 2.21. The van der Waals surface area contributed by atoms with Crippen molar-refractivity contribution in [1.29, 1.82) is 0 Å². The Balaban J connectivity index is 1.99. The zero-order valence-electron chi connectivity index (χ0n) is 8.92. The Hall–Kier alpha value is -0.390. The van der Waals surface area contributed by atoms with Crippen LogP contribution < -0.4 is 10.6 Å². The van der Waals surface area contributed by atoms with Crippen LogP contribution in [0, 0.1) is 0 Å². The molecule has 0 heterocycles. The van der Waals surface area contributed by atoms with Crippen molar-refractivity contribution in [2.45, 2.75) is 19.3 Å². The lowest BCUT2D eigenvalue weighted by Crippen LogP contribution is -2.07. The van der Waals surface area contributed by atoms with Gasteiger partial charge in [0.15, 0.2) is 0 Å². The highest BCUT2D eigenvalue weighted by molar-refractivity contribution is 7.47. The molecule has 1 atom stereocenters.